The molecule has 0 N–H and O–H groups in total. The van der Waals surface area contributed by atoms with E-state index in [4.69, 9.17) is 9.47 Å². The molecule has 0 amide bonds. The molecule has 0 aromatic heterocycles. The van der Waals surface area contributed by atoms with Crippen LogP contribution < -0.4 is 4.74 Å². The van der Waals surface area contributed by atoms with E-state index in [1.807, 2.05) is 0 Å². The average molecular weight is 443 g/mol. The Labute approximate surface area is 172 Å². The highest BCUT2D eigenvalue weighted by atomic mass is 19.4. The van der Waals surface area contributed by atoms with Crippen LogP contribution in [0.15, 0.2) is 63.8 Å². The lowest BCUT2D eigenvalue weighted by Gasteiger charge is -2.18. The third-order valence-electron chi connectivity index (χ3n) is 4.93. The molecule has 4 rings (SSSR count). The number of alkyl halides is 6. The predicted octanol–water partition coefficient (Wildman–Crippen LogP) is 5.31. The van der Waals surface area contributed by atoms with Crippen molar-refractivity contribution >= 4 is 6.21 Å². The van der Waals surface area contributed by atoms with Crippen molar-refractivity contribution in [2.75, 3.05) is 13.2 Å². The van der Waals surface area contributed by atoms with Crippen LogP contribution in [0.5, 0.6) is 5.75 Å². The summed E-state index contributed by atoms with van der Waals surface area (Å²) in [5.41, 5.74) is -4.04. The number of halogens is 6. The van der Waals surface area contributed by atoms with Crippen molar-refractivity contribution in [2.45, 2.75) is 30.2 Å². The van der Waals surface area contributed by atoms with Crippen molar-refractivity contribution in [3.63, 3.8) is 0 Å². The number of benzene rings is 2. The summed E-state index contributed by atoms with van der Waals surface area (Å²) in [6.45, 7) is 0.477. The molecule has 0 fully saturated rings. The number of ether oxygens (including phenoxy) is 2. The monoisotopic (exact) mass is 443 g/mol. The highest BCUT2D eigenvalue weighted by molar-refractivity contribution is 5.87. The summed E-state index contributed by atoms with van der Waals surface area (Å²) >= 11 is 0. The molecule has 0 saturated carbocycles. The van der Waals surface area contributed by atoms with E-state index in [0.29, 0.717) is 11.3 Å². The van der Waals surface area contributed by atoms with Crippen molar-refractivity contribution in [2.24, 2.45) is 15.2 Å². The molecule has 5 nitrogen and oxygen atoms in total. The van der Waals surface area contributed by atoms with Crippen molar-refractivity contribution in [1.29, 1.82) is 0 Å². The van der Waals surface area contributed by atoms with Gasteiger partial charge in [-0.15, -0.1) is 10.2 Å². The quantitative estimate of drug-likeness (QED) is 0.411. The Kier molecular flexibility index (Phi) is 5.03. The first-order valence-corrected chi connectivity index (χ1v) is 9.12. The Bertz CT molecular complexity index is 904. The summed E-state index contributed by atoms with van der Waals surface area (Å²) in [6, 6.07) is 11.1. The zero-order valence-electron chi connectivity index (χ0n) is 15.7. The second-order valence-corrected chi connectivity index (χ2v) is 7.01. The first-order valence-electron chi connectivity index (χ1n) is 9.12. The lowest BCUT2D eigenvalue weighted by Crippen LogP contribution is -2.31. The Morgan fingerprint density at radius 3 is 1.81 bits per heavy atom. The fourth-order valence-corrected chi connectivity index (χ4v) is 3.01. The van der Waals surface area contributed by atoms with Gasteiger partial charge in [0, 0.05) is 11.8 Å². The van der Waals surface area contributed by atoms with E-state index in [1.54, 1.807) is 0 Å². The van der Waals surface area contributed by atoms with Crippen LogP contribution in [0.3, 0.4) is 0 Å². The van der Waals surface area contributed by atoms with Crippen molar-refractivity contribution in [3.05, 3.63) is 65.2 Å². The summed E-state index contributed by atoms with van der Waals surface area (Å²) in [4.78, 5) is 3.38. The number of aliphatic imine (C=N–C) groups is 1. The van der Waals surface area contributed by atoms with E-state index in [-0.39, 0.29) is 30.9 Å². The molecular formula is C20H15F6N3O2. The molecule has 2 aliphatic rings. The Balaban J connectivity index is 1.21. The highest BCUT2D eigenvalue weighted by Crippen LogP contribution is 2.52. The molecular weight excluding hydrogens is 428 g/mol. The second-order valence-electron chi connectivity index (χ2n) is 7.01. The minimum atomic E-state index is -4.57. The van der Waals surface area contributed by atoms with Crippen LogP contribution in [0.2, 0.25) is 0 Å². The minimum absolute atomic E-state index is 0.0196. The molecule has 1 unspecified atom stereocenters. The molecule has 2 aromatic carbocycles. The van der Waals surface area contributed by atoms with Gasteiger partial charge in [0.15, 0.2) is 0 Å². The molecule has 1 atom stereocenters. The van der Waals surface area contributed by atoms with Crippen molar-refractivity contribution < 1.29 is 35.8 Å². The van der Waals surface area contributed by atoms with Crippen LogP contribution in [0.25, 0.3) is 0 Å². The number of hydrogen-bond acceptors (Lipinski definition) is 5. The summed E-state index contributed by atoms with van der Waals surface area (Å²) in [7, 11) is 0. The van der Waals surface area contributed by atoms with Gasteiger partial charge in [-0.25, -0.2) is 0 Å². The standard InChI is InChI=1S/C20H15F6N3O2/c21-19(22,23)17(12-27-17)14-5-7-16(8-6-14)31-10-9-30-11-13-1-3-15(4-2-13)18(28-29-18)20(24,25)26/h1-8,12H,9-11H2. The molecule has 0 aliphatic carbocycles. The summed E-state index contributed by atoms with van der Waals surface area (Å²) in [6.07, 6.45) is -8.18. The van der Waals surface area contributed by atoms with E-state index in [1.165, 1.54) is 48.5 Å². The maximum absolute atomic E-state index is 13.0. The average Bonchev–Trinajstić information content (AvgIpc) is 3.61. The molecule has 2 aliphatic heterocycles. The van der Waals surface area contributed by atoms with Crippen LogP contribution >= 0.6 is 0 Å². The van der Waals surface area contributed by atoms with Gasteiger partial charge < -0.3 is 9.47 Å². The maximum atomic E-state index is 13.0. The molecule has 2 aromatic rings. The molecule has 11 heteroatoms. The molecule has 2 heterocycles. The van der Waals surface area contributed by atoms with E-state index in [2.05, 4.69) is 15.2 Å². The van der Waals surface area contributed by atoms with Crippen LogP contribution in [-0.4, -0.2) is 31.8 Å². The second kappa shape index (κ2) is 7.33. The van der Waals surface area contributed by atoms with E-state index in [0.717, 1.165) is 6.21 Å². The topological polar surface area (TPSA) is 55.5 Å². The number of rotatable bonds is 8. The van der Waals surface area contributed by atoms with Crippen LogP contribution in [-0.2, 0) is 22.5 Å². The Morgan fingerprint density at radius 2 is 1.32 bits per heavy atom. The minimum Gasteiger partial charge on any atom is -0.491 e. The largest absolute Gasteiger partial charge is 0.491 e. The van der Waals surface area contributed by atoms with Gasteiger partial charge in [-0.05, 0) is 23.3 Å². The zero-order valence-corrected chi connectivity index (χ0v) is 15.7. The van der Waals surface area contributed by atoms with Crippen LogP contribution in [0.1, 0.15) is 16.7 Å². The van der Waals surface area contributed by atoms with E-state index < -0.39 is 23.6 Å². The smallest absolute Gasteiger partial charge is 0.442 e. The maximum Gasteiger partial charge on any atom is 0.442 e. The van der Waals surface area contributed by atoms with Crippen molar-refractivity contribution in [3.8, 4) is 5.75 Å². The summed E-state index contributed by atoms with van der Waals surface area (Å²) in [5, 5.41) is 6.29. The molecule has 0 saturated heterocycles. The first-order chi connectivity index (χ1) is 14.6. The fourth-order valence-electron chi connectivity index (χ4n) is 3.01. The summed E-state index contributed by atoms with van der Waals surface area (Å²) < 4.78 is 88.8. The van der Waals surface area contributed by atoms with Gasteiger partial charge in [-0.3, -0.25) is 4.99 Å². The van der Waals surface area contributed by atoms with Gasteiger partial charge in [0.25, 0.3) is 0 Å². The first kappa shape index (κ1) is 21.3. The van der Waals surface area contributed by atoms with E-state index >= 15 is 0 Å². The predicted molar refractivity (Wildman–Crippen MR) is 96.8 cm³/mol. The van der Waals surface area contributed by atoms with Gasteiger partial charge in [-0.2, -0.15) is 26.3 Å². The van der Waals surface area contributed by atoms with Gasteiger partial charge >= 0.3 is 18.0 Å². The fraction of sp³-hybridized carbons (Fsp3) is 0.350. The van der Waals surface area contributed by atoms with Crippen molar-refractivity contribution in [1.82, 2.24) is 0 Å². The number of hydrogen-bond donors (Lipinski definition) is 0. The Hall–Kier alpha value is -2.95. The Morgan fingerprint density at radius 1 is 0.742 bits per heavy atom. The normalized spacial score (nSPS) is 21.2. The molecule has 31 heavy (non-hydrogen) atoms. The van der Waals surface area contributed by atoms with Crippen LogP contribution in [0.4, 0.5) is 26.3 Å². The van der Waals surface area contributed by atoms with Gasteiger partial charge in [0.05, 0.1) is 13.2 Å². The van der Waals surface area contributed by atoms with Gasteiger partial charge in [-0.1, -0.05) is 36.4 Å². The third kappa shape index (κ3) is 4.01. The highest BCUT2D eigenvalue weighted by Gasteiger charge is 2.65. The zero-order chi connectivity index (χ0) is 22.3. The van der Waals surface area contributed by atoms with Gasteiger partial charge in [0.2, 0.25) is 5.54 Å². The van der Waals surface area contributed by atoms with Gasteiger partial charge in [0.1, 0.15) is 12.4 Å². The molecule has 0 bridgehead atoms. The third-order valence-corrected chi connectivity index (χ3v) is 4.93. The molecule has 0 radical (unpaired) electrons. The lowest BCUT2D eigenvalue weighted by molar-refractivity contribution is -0.166. The lowest BCUT2D eigenvalue weighted by atomic mass is 9.97. The number of nitrogens with zero attached hydrogens (tertiary/aromatic N) is 3. The SMILES string of the molecule is FC(F)(F)C1(c2ccc(OCCOCc3ccc(C4(C(F)(F)F)N=N4)cc3)cc2)C=N1. The molecule has 164 valence electrons. The molecule has 0 spiro atoms. The summed E-state index contributed by atoms with van der Waals surface area (Å²) in [5.74, 6) is 0.379. The van der Waals surface area contributed by atoms with E-state index in [9.17, 15) is 26.3 Å². The van der Waals surface area contributed by atoms with Crippen LogP contribution in [0, 0.1) is 0 Å².